The van der Waals surface area contributed by atoms with E-state index >= 15 is 0 Å². The molecule has 1 aliphatic rings. The highest BCUT2D eigenvalue weighted by molar-refractivity contribution is 9.10. The Bertz CT molecular complexity index is 919. The van der Waals surface area contributed by atoms with E-state index in [1.165, 1.54) is 13.8 Å². The molecular formula is C19H16BrNO4S. The fourth-order valence-electron chi connectivity index (χ4n) is 2.45. The highest BCUT2D eigenvalue weighted by atomic mass is 79.9. The maximum absolute atomic E-state index is 11.2. The summed E-state index contributed by atoms with van der Waals surface area (Å²) in [6.45, 7) is 3.06. The number of carboxylic acids is 1. The van der Waals surface area contributed by atoms with Crippen LogP contribution in [0.3, 0.4) is 0 Å². The van der Waals surface area contributed by atoms with E-state index in [4.69, 9.17) is 17.3 Å². The van der Waals surface area contributed by atoms with Crippen LogP contribution in [-0.4, -0.2) is 31.8 Å². The first kappa shape index (κ1) is 19.9. The lowest BCUT2D eigenvalue weighted by Gasteiger charge is -2.20. The second-order valence-electron chi connectivity index (χ2n) is 5.74. The Morgan fingerprint density at radius 2 is 1.77 bits per heavy atom. The van der Waals surface area contributed by atoms with Crippen LogP contribution in [0.2, 0.25) is 0 Å². The van der Waals surface area contributed by atoms with Gasteiger partial charge in [0.15, 0.2) is 11.4 Å². The van der Waals surface area contributed by atoms with Gasteiger partial charge in [0.2, 0.25) is 0 Å². The van der Waals surface area contributed by atoms with Crippen molar-refractivity contribution in [3.05, 3.63) is 57.3 Å². The van der Waals surface area contributed by atoms with Gasteiger partial charge in [-0.05, 0) is 47.0 Å². The summed E-state index contributed by atoms with van der Waals surface area (Å²) in [4.78, 5) is 25.0. The lowest BCUT2D eigenvalue weighted by molar-refractivity contribution is -0.115. The first-order chi connectivity index (χ1) is 12.2. The van der Waals surface area contributed by atoms with Gasteiger partial charge < -0.3 is 15.0 Å². The van der Waals surface area contributed by atoms with Crippen molar-refractivity contribution in [2.75, 3.05) is 0 Å². The zero-order valence-electron chi connectivity index (χ0n) is 14.1. The number of carbonyl (C=O) groups is 2. The zero-order chi connectivity index (χ0) is 19.4. The predicted molar refractivity (Wildman–Crippen MR) is 108 cm³/mol. The Morgan fingerprint density at radius 3 is 2.31 bits per heavy atom. The number of hydrogen-bond donors (Lipinski definition) is 2. The van der Waals surface area contributed by atoms with Crippen molar-refractivity contribution in [1.29, 1.82) is 0 Å². The Morgan fingerprint density at radius 1 is 1.19 bits per heavy atom. The summed E-state index contributed by atoms with van der Waals surface area (Å²) >= 11 is 8.66. The standard InChI is InChI=1S/C16H10BrNO3S.C3H6O/c17-15-10-6-9(8-4-2-1-3-5-8)7-11(22)12(10)14(19)13(18-15)16(20)21;1-3(2)4/h1-6,19H,7H2,(H,20,21);1-2H3. The van der Waals surface area contributed by atoms with E-state index in [1.54, 1.807) is 0 Å². The van der Waals surface area contributed by atoms with E-state index in [-0.39, 0.29) is 11.5 Å². The molecule has 7 heteroatoms. The SMILES string of the molecule is CC(C)=O.O=C(O)c1nc(Br)c2c(c1O)C(=S)CC(c1ccccc1)=C2. The molecule has 2 aromatic rings. The maximum Gasteiger partial charge on any atom is 0.358 e. The van der Waals surface area contributed by atoms with E-state index in [0.29, 0.717) is 27.0 Å². The average Bonchev–Trinajstić information content (AvgIpc) is 2.57. The van der Waals surface area contributed by atoms with Gasteiger partial charge in [-0.25, -0.2) is 9.78 Å². The summed E-state index contributed by atoms with van der Waals surface area (Å²) in [7, 11) is 0. The number of pyridine rings is 1. The summed E-state index contributed by atoms with van der Waals surface area (Å²) in [5.74, 6) is -1.50. The molecule has 1 aromatic heterocycles. The van der Waals surface area contributed by atoms with Crippen LogP contribution >= 0.6 is 28.1 Å². The van der Waals surface area contributed by atoms with E-state index in [0.717, 1.165) is 11.1 Å². The molecule has 0 atom stereocenters. The first-order valence-electron chi connectivity index (χ1n) is 7.64. The van der Waals surface area contributed by atoms with Crippen LogP contribution in [0.15, 0.2) is 34.9 Å². The highest BCUT2D eigenvalue weighted by Gasteiger charge is 2.27. The number of allylic oxidation sites excluding steroid dienone is 1. The maximum atomic E-state index is 11.2. The molecule has 5 nitrogen and oxygen atoms in total. The van der Waals surface area contributed by atoms with Crippen LogP contribution in [0.5, 0.6) is 5.75 Å². The molecule has 0 spiro atoms. The van der Waals surface area contributed by atoms with Gasteiger partial charge in [0.25, 0.3) is 0 Å². The fourth-order valence-corrected chi connectivity index (χ4v) is 3.30. The number of fused-ring (bicyclic) bond motifs is 1. The summed E-state index contributed by atoms with van der Waals surface area (Å²) in [6.07, 6.45) is 2.35. The molecule has 3 rings (SSSR count). The van der Waals surface area contributed by atoms with Crippen molar-refractivity contribution in [2.45, 2.75) is 20.3 Å². The van der Waals surface area contributed by atoms with Crippen LogP contribution in [0.25, 0.3) is 11.6 Å². The van der Waals surface area contributed by atoms with Crippen LogP contribution in [0, 0.1) is 0 Å². The fraction of sp³-hybridized carbons (Fsp3) is 0.158. The molecule has 0 bridgehead atoms. The number of aromatic hydroxyl groups is 1. The molecule has 0 saturated carbocycles. The molecule has 0 fully saturated rings. The smallest absolute Gasteiger partial charge is 0.358 e. The van der Waals surface area contributed by atoms with Gasteiger partial charge in [-0.1, -0.05) is 42.5 Å². The number of Topliss-reactive ketones (excluding diaryl/α,β-unsaturated/α-hetero) is 1. The first-order valence-corrected chi connectivity index (χ1v) is 8.84. The van der Waals surface area contributed by atoms with E-state index in [1.807, 2.05) is 36.4 Å². The summed E-state index contributed by atoms with van der Waals surface area (Å²) in [6, 6.07) is 9.76. The number of carbonyl (C=O) groups excluding carboxylic acids is 1. The zero-order valence-corrected chi connectivity index (χ0v) is 16.5. The molecule has 2 N–H and O–H groups in total. The largest absolute Gasteiger partial charge is 0.505 e. The Labute approximate surface area is 164 Å². The van der Waals surface area contributed by atoms with Crippen molar-refractivity contribution in [2.24, 2.45) is 0 Å². The quantitative estimate of drug-likeness (QED) is 0.535. The molecule has 0 unspecified atom stereocenters. The van der Waals surface area contributed by atoms with Gasteiger partial charge >= 0.3 is 5.97 Å². The molecule has 134 valence electrons. The van der Waals surface area contributed by atoms with Crippen molar-refractivity contribution in [1.82, 2.24) is 4.98 Å². The number of carboxylic acid groups (broad SMARTS) is 1. The predicted octanol–water partition coefficient (Wildman–Crippen LogP) is 4.51. The Kier molecular flexibility index (Phi) is 6.39. The van der Waals surface area contributed by atoms with Gasteiger partial charge in [-0.3, -0.25) is 0 Å². The van der Waals surface area contributed by atoms with Gasteiger partial charge in [0.1, 0.15) is 10.4 Å². The number of thiocarbonyl (C=S) groups is 1. The normalized spacial score (nSPS) is 12.4. The van der Waals surface area contributed by atoms with Crippen LogP contribution < -0.4 is 0 Å². The monoisotopic (exact) mass is 433 g/mol. The minimum Gasteiger partial charge on any atom is -0.505 e. The molecule has 1 aromatic carbocycles. The highest BCUT2D eigenvalue weighted by Crippen LogP contribution is 2.39. The van der Waals surface area contributed by atoms with Crippen LogP contribution in [-0.2, 0) is 4.79 Å². The topological polar surface area (TPSA) is 87.5 Å². The number of halogens is 1. The second-order valence-corrected chi connectivity index (χ2v) is 6.98. The number of aromatic nitrogens is 1. The Hall–Kier alpha value is -2.38. The van der Waals surface area contributed by atoms with E-state index in [2.05, 4.69) is 20.9 Å². The molecule has 1 aliphatic carbocycles. The van der Waals surface area contributed by atoms with Crippen LogP contribution in [0.4, 0.5) is 0 Å². The molecule has 0 saturated heterocycles. The van der Waals surface area contributed by atoms with E-state index < -0.39 is 11.7 Å². The van der Waals surface area contributed by atoms with Crippen LogP contribution in [0.1, 0.15) is 47.4 Å². The van der Waals surface area contributed by atoms with E-state index in [9.17, 15) is 14.7 Å². The van der Waals surface area contributed by atoms with Gasteiger partial charge in [0.05, 0.1) is 0 Å². The number of rotatable bonds is 2. The molecule has 1 heterocycles. The lowest BCUT2D eigenvalue weighted by Crippen LogP contribution is -2.13. The number of aromatic carboxylic acids is 1. The molecule has 0 aliphatic heterocycles. The third-order valence-electron chi connectivity index (χ3n) is 3.46. The molecule has 26 heavy (non-hydrogen) atoms. The number of ketones is 1. The number of benzene rings is 1. The molecule has 0 radical (unpaired) electrons. The summed E-state index contributed by atoms with van der Waals surface area (Å²) in [5, 5.41) is 19.3. The summed E-state index contributed by atoms with van der Waals surface area (Å²) < 4.78 is 0.355. The second kappa shape index (κ2) is 8.33. The summed E-state index contributed by atoms with van der Waals surface area (Å²) in [5.41, 5.74) is 2.61. The van der Waals surface area contributed by atoms with Crippen molar-refractivity contribution in [3.8, 4) is 5.75 Å². The minimum atomic E-state index is -1.29. The van der Waals surface area contributed by atoms with Gasteiger partial charge in [-0.15, -0.1) is 0 Å². The van der Waals surface area contributed by atoms with Gasteiger partial charge in [0, 0.05) is 22.4 Å². The molecule has 0 amide bonds. The number of hydrogen-bond acceptors (Lipinski definition) is 5. The van der Waals surface area contributed by atoms with Gasteiger partial charge in [-0.2, -0.15) is 0 Å². The van der Waals surface area contributed by atoms with Crippen molar-refractivity contribution < 1.29 is 19.8 Å². The van der Waals surface area contributed by atoms with Crippen molar-refractivity contribution in [3.63, 3.8) is 0 Å². The molecular weight excluding hydrogens is 418 g/mol. The lowest BCUT2D eigenvalue weighted by atomic mass is 9.88. The average molecular weight is 434 g/mol. The number of nitrogens with zero attached hydrogens (tertiary/aromatic N) is 1. The van der Waals surface area contributed by atoms with Crippen molar-refractivity contribution >= 4 is 56.4 Å². The third-order valence-corrected chi connectivity index (χ3v) is 4.41. The third kappa shape index (κ3) is 4.42. The minimum absolute atomic E-state index is 0.167. The Balaban J connectivity index is 0.000000552.